The maximum absolute atomic E-state index is 5.42. The van der Waals surface area contributed by atoms with Gasteiger partial charge in [-0.25, -0.2) is 0 Å². The first-order valence-electron chi connectivity index (χ1n) is 5.63. The van der Waals surface area contributed by atoms with E-state index in [-0.39, 0.29) is 6.01 Å². The number of aryl methyl sites for hydroxylation is 2. The van der Waals surface area contributed by atoms with Crippen molar-refractivity contribution in [2.24, 2.45) is 0 Å². The summed E-state index contributed by atoms with van der Waals surface area (Å²) in [7, 11) is 3.27. The van der Waals surface area contributed by atoms with E-state index < -0.39 is 0 Å². The number of oxazole rings is 1. The monoisotopic (exact) mass is 248 g/mol. The number of aromatic nitrogens is 1. The van der Waals surface area contributed by atoms with Gasteiger partial charge in [0.05, 0.1) is 19.9 Å². The van der Waals surface area contributed by atoms with Gasteiger partial charge in [0.25, 0.3) is 6.01 Å². The fourth-order valence-electron chi connectivity index (χ4n) is 1.72. The summed E-state index contributed by atoms with van der Waals surface area (Å²) in [5, 5.41) is 0. The molecule has 0 aliphatic carbocycles. The summed E-state index contributed by atoms with van der Waals surface area (Å²) in [6, 6.07) is 6.00. The fraction of sp³-hybridized carbons (Fsp3) is 0.308. The van der Waals surface area contributed by atoms with E-state index in [4.69, 9.17) is 19.6 Å². The number of benzene rings is 1. The molecule has 2 N–H and O–H groups in total. The third-order valence-electron chi connectivity index (χ3n) is 2.65. The van der Waals surface area contributed by atoms with Gasteiger partial charge in [0.2, 0.25) is 0 Å². The number of nitrogen functional groups attached to an aromatic ring is 1. The zero-order valence-electron chi connectivity index (χ0n) is 10.5. The van der Waals surface area contributed by atoms with Gasteiger partial charge < -0.3 is 19.6 Å². The Morgan fingerprint density at radius 3 is 2.28 bits per heavy atom. The molecule has 0 amide bonds. The van der Waals surface area contributed by atoms with Gasteiger partial charge in [0.1, 0.15) is 17.8 Å². The summed E-state index contributed by atoms with van der Waals surface area (Å²) in [6.07, 6.45) is 3.16. The molecule has 0 bridgehead atoms. The largest absolute Gasteiger partial charge is 0.497 e. The molecule has 2 rings (SSSR count). The fourth-order valence-corrected chi connectivity index (χ4v) is 1.72. The van der Waals surface area contributed by atoms with Crippen molar-refractivity contribution in [2.75, 3.05) is 20.0 Å². The van der Waals surface area contributed by atoms with Crippen LogP contribution in [0.25, 0.3) is 0 Å². The minimum atomic E-state index is 0.202. The first kappa shape index (κ1) is 12.3. The third kappa shape index (κ3) is 2.94. The SMILES string of the molecule is COc1cc(CCc2coc(N)n2)cc(OC)c1. The molecule has 18 heavy (non-hydrogen) atoms. The lowest BCUT2D eigenvalue weighted by Crippen LogP contribution is -1.95. The van der Waals surface area contributed by atoms with Gasteiger partial charge in [-0.1, -0.05) is 0 Å². The molecule has 0 atom stereocenters. The first-order valence-corrected chi connectivity index (χ1v) is 5.63. The van der Waals surface area contributed by atoms with Crippen LogP contribution in [0.3, 0.4) is 0 Å². The van der Waals surface area contributed by atoms with Gasteiger partial charge in [-0.3, -0.25) is 0 Å². The topological polar surface area (TPSA) is 70.5 Å². The van der Waals surface area contributed by atoms with E-state index in [0.29, 0.717) is 0 Å². The van der Waals surface area contributed by atoms with E-state index in [1.165, 1.54) is 0 Å². The number of ether oxygens (including phenoxy) is 2. The molecule has 0 aliphatic heterocycles. The summed E-state index contributed by atoms with van der Waals surface area (Å²) in [4.78, 5) is 4.06. The molecule has 0 fully saturated rings. The number of anilines is 1. The second-order valence-electron chi connectivity index (χ2n) is 3.90. The van der Waals surface area contributed by atoms with Gasteiger partial charge >= 0.3 is 0 Å². The van der Waals surface area contributed by atoms with Crippen LogP contribution in [0.15, 0.2) is 28.9 Å². The summed E-state index contributed by atoms with van der Waals surface area (Å²) >= 11 is 0. The number of nitrogens with zero attached hydrogens (tertiary/aromatic N) is 1. The highest BCUT2D eigenvalue weighted by molar-refractivity contribution is 5.38. The molecule has 0 saturated heterocycles. The van der Waals surface area contributed by atoms with E-state index in [2.05, 4.69) is 4.98 Å². The van der Waals surface area contributed by atoms with Crippen molar-refractivity contribution in [2.45, 2.75) is 12.8 Å². The average Bonchev–Trinajstić information content (AvgIpc) is 2.81. The van der Waals surface area contributed by atoms with Crippen molar-refractivity contribution in [1.82, 2.24) is 4.98 Å². The van der Waals surface area contributed by atoms with Gasteiger partial charge in [0, 0.05) is 6.07 Å². The number of hydrogen-bond acceptors (Lipinski definition) is 5. The van der Waals surface area contributed by atoms with Crippen molar-refractivity contribution >= 4 is 6.01 Å². The van der Waals surface area contributed by atoms with Crippen molar-refractivity contribution in [3.05, 3.63) is 35.7 Å². The lowest BCUT2D eigenvalue weighted by Gasteiger charge is -2.07. The Morgan fingerprint density at radius 1 is 1.11 bits per heavy atom. The normalized spacial score (nSPS) is 10.3. The highest BCUT2D eigenvalue weighted by Gasteiger charge is 2.05. The molecule has 5 heteroatoms. The van der Waals surface area contributed by atoms with Crippen LogP contribution in [-0.4, -0.2) is 19.2 Å². The van der Waals surface area contributed by atoms with Crippen molar-refractivity contribution in [3.8, 4) is 11.5 Å². The number of rotatable bonds is 5. The van der Waals surface area contributed by atoms with Gasteiger partial charge in [-0.15, -0.1) is 0 Å². The molecule has 0 spiro atoms. The van der Waals surface area contributed by atoms with Crippen LogP contribution in [0.5, 0.6) is 11.5 Å². The van der Waals surface area contributed by atoms with Crippen LogP contribution in [-0.2, 0) is 12.8 Å². The molecule has 1 aromatic heterocycles. The molecular weight excluding hydrogens is 232 g/mol. The molecule has 2 aromatic rings. The van der Waals surface area contributed by atoms with Crippen molar-refractivity contribution < 1.29 is 13.9 Å². The maximum atomic E-state index is 5.42. The molecular formula is C13H16N2O3. The average molecular weight is 248 g/mol. The standard InChI is InChI=1S/C13H16N2O3/c1-16-11-5-9(6-12(7-11)17-2)3-4-10-8-18-13(14)15-10/h5-8H,3-4H2,1-2H3,(H2,14,15). The van der Waals surface area contributed by atoms with Crippen molar-refractivity contribution in [3.63, 3.8) is 0 Å². The number of nitrogens with two attached hydrogens (primary N) is 1. The van der Waals surface area contributed by atoms with E-state index in [0.717, 1.165) is 35.6 Å². The van der Waals surface area contributed by atoms with E-state index >= 15 is 0 Å². The Bertz CT molecular complexity index is 500. The molecule has 0 aliphatic rings. The second-order valence-corrected chi connectivity index (χ2v) is 3.90. The molecule has 0 unspecified atom stereocenters. The number of methoxy groups -OCH3 is 2. The third-order valence-corrected chi connectivity index (χ3v) is 2.65. The lowest BCUT2D eigenvalue weighted by atomic mass is 10.1. The van der Waals surface area contributed by atoms with Crippen LogP contribution < -0.4 is 15.2 Å². The Balaban J connectivity index is 2.08. The Labute approximate surface area is 106 Å². The van der Waals surface area contributed by atoms with E-state index in [9.17, 15) is 0 Å². The first-order chi connectivity index (χ1) is 8.71. The second kappa shape index (κ2) is 5.44. The predicted molar refractivity (Wildman–Crippen MR) is 67.9 cm³/mol. The quantitative estimate of drug-likeness (QED) is 0.877. The molecule has 5 nitrogen and oxygen atoms in total. The van der Waals surface area contributed by atoms with E-state index in [1.54, 1.807) is 20.5 Å². The molecule has 96 valence electrons. The minimum absolute atomic E-state index is 0.202. The van der Waals surface area contributed by atoms with Crippen LogP contribution in [0.2, 0.25) is 0 Å². The van der Waals surface area contributed by atoms with Crippen LogP contribution >= 0.6 is 0 Å². The summed E-state index contributed by atoms with van der Waals surface area (Å²) in [6.45, 7) is 0. The summed E-state index contributed by atoms with van der Waals surface area (Å²) in [5.41, 5.74) is 7.38. The van der Waals surface area contributed by atoms with Crippen LogP contribution in [0.4, 0.5) is 6.01 Å². The molecule has 0 radical (unpaired) electrons. The smallest absolute Gasteiger partial charge is 0.292 e. The van der Waals surface area contributed by atoms with Crippen molar-refractivity contribution in [1.29, 1.82) is 0 Å². The molecule has 0 saturated carbocycles. The molecule has 1 heterocycles. The zero-order chi connectivity index (χ0) is 13.0. The zero-order valence-corrected chi connectivity index (χ0v) is 10.5. The van der Waals surface area contributed by atoms with Gasteiger partial charge in [-0.05, 0) is 30.5 Å². The Hall–Kier alpha value is -2.17. The maximum Gasteiger partial charge on any atom is 0.292 e. The van der Waals surface area contributed by atoms with E-state index in [1.807, 2.05) is 18.2 Å². The van der Waals surface area contributed by atoms with Gasteiger partial charge in [-0.2, -0.15) is 4.98 Å². The summed E-state index contributed by atoms with van der Waals surface area (Å²) in [5.74, 6) is 1.56. The highest BCUT2D eigenvalue weighted by Crippen LogP contribution is 2.23. The lowest BCUT2D eigenvalue weighted by molar-refractivity contribution is 0.393. The van der Waals surface area contributed by atoms with Gasteiger partial charge in [0.15, 0.2) is 0 Å². The minimum Gasteiger partial charge on any atom is -0.497 e. The highest BCUT2D eigenvalue weighted by atomic mass is 16.5. The summed E-state index contributed by atoms with van der Waals surface area (Å²) < 4.78 is 15.4. The van der Waals surface area contributed by atoms with Crippen LogP contribution in [0, 0.1) is 0 Å². The predicted octanol–water partition coefficient (Wildman–Crippen LogP) is 2.06. The van der Waals surface area contributed by atoms with Crippen LogP contribution in [0.1, 0.15) is 11.3 Å². The molecule has 1 aromatic carbocycles. The number of hydrogen-bond donors (Lipinski definition) is 1. The Kier molecular flexibility index (Phi) is 3.72. The Morgan fingerprint density at radius 2 is 1.78 bits per heavy atom.